The predicted octanol–water partition coefficient (Wildman–Crippen LogP) is 2.60. The number of carbonyl (C=O) groups is 1. The monoisotopic (exact) mass is 282 g/mol. The molecule has 3 nitrogen and oxygen atoms in total. The highest BCUT2D eigenvalue weighted by molar-refractivity contribution is 5.82. The van der Waals surface area contributed by atoms with Gasteiger partial charge in [-0.1, -0.05) is 54.6 Å². The van der Waals surface area contributed by atoms with Crippen molar-refractivity contribution in [3.8, 4) is 0 Å². The van der Waals surface area contributed by atoms with Gasteiger partial charge in [0.05, 0.1) is 0 Å². The Morgan fingerprint density at radius 3 is 2.38 bits per heavy atom. The van der Waals surface area contributed by atoms with Crippen molar-refractivity contribution in [1.29, 1.82) is 0 Å². The van der Waals surface area contributed by atoms with Crippen LogP contribution >= 0.6 is 0 Å². The first-order valence-corrected chi connectivity index (χ1v) is 7.15. The highest BCUT2D eigenvalue weighted by atomic mass is 16.6. The van der Waals surface area contributed by atoms with Crippen LogP contribution in [-0.2, 0) is 28.0 Å². The zero-order valence-corrected chi connectivity index (χ0v) is 12.0. The maximum Gasteiger partial charge on any atom is 0.343 e. The minimum absolute atomic E-state index is 0.235. The fourth-order valence-electron chi connectivity index (χ4n) is 2.84. The SMILES string of the molecule is CC1Cc2ccccc2CC(O)(c2ccccc2)C(=O)O1. The van der Waals surface area contributed by atoms with E-state index in [0.29, 0.717) is 12.0 Å². The fraction of sp³-hybridized carbons (Fsp3) is 0.278. The zero-order chi connectivity index (χ0) is 14.9. The van der Waals surface area contributed by atoms with Crippen LogP contribution in [0.3, 0.4) is 0 Å². The summed E-state index contributed by atoms with van der Waals surface area (Å²) in [4.78, 5) is 12.4. The van der Waals surface area contributed by atoms with E-state index in [0.717, 1.165) is 11.1 Å². The summed E-state index contributed by atoms with van der Waals surface area (Å²) < 4.78 is 5.43. The smallest absolute Gasteiger partial charge is 0.343 e. The average molecular weight is 282 g/mol. The fourth-order valence-corrected chi connectivity index (χ4v) is 2.84. The molecule has 0 aromatic heterocycles. The Morgan fingerprint density at radius 1 is 1.05 bits per heavy atom. The van der Waals surface area contributed by atoms with Gasteiger partial charge in [0.2, 0.25) is 0 Å². The third kappa shape index (κ3) is 2.57. The van der Waals surface area contributed by atoms with E-state index in [1.165, 1.54) is 0 Å². The van der Waals surface area contributed by atoms with Crippen molar-refractivity contribution in [1.82, 2.24) is 0 Å². The van der Waals surface area contributed by atoms with E-state index in [2.05, 4.69) is 0 Å². The van der Waals surface area contributed by atoms with Crippen LogP contribution in [0, 0.1) is 0 Å². The highest BCUT2D eigenvalue weighted by Gasteiger charge is 2.42. The van der Waals surface area contributed by atoms with Gasteiger partial charge in [-0.05, 0) is 23.6 Å². The number of hydrogen-bond donors (Lipinski definition) is 1. The molecule has 1 N–H and O–H groups in total. The van der Waals surface area contributed by atoms with E-state index < -0.39 is 11.6 Å². The maximum absolute atomic E-state index is 12.4. The van der Waals surface area contributed by atoms with Gasteiger partial charge in [-0.3, -0.25) is 0 Å². The molecule has 2 unspecified atom stereocenters. The van der Waals surface area contributed by atoms with Crippen molar-refractivity contribution >= 4 is 5.97 Å². The van der Waals surface area contributed by atoms with Crippen molar-refractivity contribution < 1.29 is 14.6 Å². The first-order valence-electron chi connectivity index (χ1n) is 7.15. The maximum atomic E-state index is 12.4. The molecule has 2 aromatic carbocycles. The molecule has 1 heterocycles. The highest BCUT2D eigenvalue weighted by Crippen LogP contribution is 2.31. The summed E-state index contributed by atoms with van der Waals surface area (Å²) in [6.45, 7) is 1.85. The molecule has 2 atom stereocenters. The largest absolute Gasteiger partial charge is 0.460 e. The number of benzene rings is 2. The quantitative estimate of drug-likeness (QED) is 0.818. The third-order valence-corrected chi connectivity index (χ3v) is 3.97. The number of aliphatic hydroxyl groups is 1. The molecule has 1 aliphatic rings. The number of hydrogen-bond acceptors (Lipinski definition) is 3. The van der Waals surface area contributed by atoms with Gasteiger partial charge in [0, 0.05) is 12.8 Å². The van der Waals surface area contributed by atoms with Gasteiger partial charge in [0.15, 0.2) is 5.60 Å². The van der Waals surface area contributed by atoms with Crippen molar-refractivity contribution in [3.63, 3.8) is 0 Å². The Kier molecular flexibility index (Phi) is 3.52. The molecule has 0 radical (unpaired) electrons. The lowest BCUT2D eigenvalue weighted by molar-refractivity contribution is -0.172. The minimum atomic E-state index is -1.63. The van der Waals surface area contributed by atoms with E-state index in [1.807, 2.05) is 49.4 Å². The van der Waals surface area contributed by atoms with Crippen LogP contribution in [0.4, 0.5) is 0 Å². The summed E-state index contributed by atoms with van der Waals surface area (Å²) in [6.07, 6.45) is 0.653. The molecule has 0 bridgehead atoms. The molecule has 0 aliphatic carbocycles. The molecule has 3 rings (SSSR count). The van der Waals surface area contributed by atoms with E-state index in [9.17, 15) is 9.90 Å². The number of ether oxygens (including phenoxy) is 1. The van der Waals surface area contributed by atoms with Crippen molar-refractivity contribution in [3.05, 3.63) is 71.3 Å². The number of fused-ring (bicyclic) bond motifs is 1. The normalized spacial score (nSPS) is 25.4. The molecular formula is C18H18O3. The summed E-state index contributed by atoms with van der Waals surface area (Å²) in [5.41, 5.74) is 1.05. The van der Waals surface area contributed by atoms with Gasteiger partial charge in [0.1, 0.15) is 6.10 Å². The van der Waals surface area contributed by atoms with Crippen LogP contribution in [0.2, 0.25) is 0 Å². The van der Waals surface area contributed by atoms with Gasteiger partial charge >= 0.3 is 5.97 Å². The molecule has 0 saturated carbocycles. The summed E-state index contributed by atoms with van der Waals surface area (Å²) in [5, 5.41) is 11.0. The Balaban J connectivity index is 2.10. The van der Waals surface area contributed by atoms with Crippen LogP contribution < -0.4 is 0 Å². The van der Waals surface area contributed by atoms with Crippen LogP contribution in [0.1, 0.15) is 23.6 Å². The van der Waals surface area contributed by atoms with E-state index in [-0.39, 0.29) is 12.5 Å². The van der Waals surface area contributed by atoms with Crippen molar-refractivity contribution in [2.75, 3.05) is 0 Å². The lowest BCUT2D eigenvalue weighted by Gasteiger charge is -2.31. The number of carbonyl (C=O) groups excluding carboxylic acids is 1. The molecule has 3 heteroatoms. The van der Waals surface area contributed by atoms with Gasteiger partial charge < -0.3 is 9.84 Å². The predicted molar refractivity (Wildman–Crippen MR) is 79.7 cm³/mol. The van der Waals surface area contributed by atoms with Crippen LogP contribution in [0.15, 0.2) is 54.6 Å². The summed E-state index contributed by atoms with van der Waals surface area (Å²) in [5.74, 6) is -0.573. The summed E-state index contributed by atoms with van der Waals surface area (Å²) in [7, 11) is 0. The Hall–Kier alpha value is -2.13. The second-order valence-electron chi connectivity index (χ2n) is 5.59. The lowest BCUT2D eigenvalue weighted by Crippen LogP contribution is -2.43. The standard InChI is InChI=1S/C18H18O3/c1-13-11-14-7-5-6-8-15(14)12-18(20,17(19)21-13)16-9-3-2-4-10-16/h2-10,13,20H,11-12H2,1H3. The summed E-state index contributed by atoms with van der Waals surface area (Å²) >= 11 is 0. The zero-order valence-electron chi connectivity index (χ0n) is 12.0. The Labute approximate surface area is 124 Å². The lowest BCUT2D eigenvalue weighted by atomic mass is 9.84. The van der Waals surface area contributed by atoms with Gasteiger partial charge in [-0.2, -0.15) is 0 Å². The van der Waals surface area contributed by atoms with E-state index >= 15 is 0 Å². The third-order valence-electron chi connectivity index (χ3n) is 3.97. The average Bonchev–Trinajstić information content (AvgIpc) is 2.49. The molecule has 21 heavy (non-hydrogen) atoms. The van der Waals surface area contributed by atoms with E-state index in [4.69, 9.17) is 4.74 Å². The molecule has 108 valence electrons. The van der Waals surface area contributed by atoms with Crippen LogP contribution in [0.25, 0.3) is 0 Å². The molecular weight excluding hydrogens is 264 g/mol. The molecule has 0 spiro atoms. The van der Waals surface area contributed by atoms with Gasteiger partial charge in [0.25, 0.3) is 0 Å². The molecule has 2 aromatic rings. The topological polar surface area (TPSA) is 46.5 Å². The molecule has 0 saturated heterocycles. The number of cyclic esters (lactones) is 1. The summed E-state index contributed by atoms with van der Waals surface area (Å²) in [6, 6.07) is 16.9. The van der Waals surface area contributed by atoms with Crippen LogP contribution in [-0.4, -0.2) is 17.2 Å². The Morgan fingerprint density at radius 2 is 1.67 bits per heavy atom. The number of rotatable bonds is 1. The second-order valence-corrected chi connectivity index (χ2v) is 5.59. The van der Waals surface area contributed by atoms with E-state index in [1.54, 1.807) is 12.1 Å². The number of esters is 1. The second kappa shape index (κ2) is 5.34. The first kappa shape index (κ1) is 13.8. The first-order chi connectivity index (χ1) is 10.1. The van der Waals surface area contributed by atoms with Crippen molar-refractivity contribution in [2.24, 2.45) is 0 Å². The van der Waals surface area contributed by atoms with Crippen LogP contribution in [0.5, 0.6) is 0 Å². The Bertz CT molecular complexity index is 651. The minimum Gasteiger partial charge on any atom is -0.460 e. The van der Waals surface area contributed by atoms with Gasteiger partial charge in [-0.25, -0.2) is 4.79 Å². The van der Waals surface area contributed by atoms with Crippen molar-refractivity contribution in [2.45, 2.75) is 31.5 Å². The molecule has 0 fully saturated rings. The molecule has 0 amide bonds. The molecule has 1 aliphatic heterocycles. The van der Waals surface area contributed by atoms with Gasteiger partial charge in [-0.15, -0.1) is 0 Å².